The van der Waals surface area contributed by atoms with Gasteiger partial charge in [0.25, 0.3) is 0 Å². The minimum Gasteiger partial charge on any atom is -0.321 e. The van der Waals surface area contributed by atoms with Gasteiger partial charge in [-0.3, -0.25) is 4.79 Å². The minimum absolute atomic E-state index is 0.0417. The van der Waals surface area contributed by atoms with Gasteiger partial charge in [-0.2, -0.15) is 0 Å². The Morgan fingerprint density at radius 1 is 1.67 bits per heavy atom. The molecule has 1 aliphatic rings. The van der Waals surface area contributed by atoms with Crippen molar-refractivity contribution in [1.29, 1.82) is 0 Å². The molecule has 0 amide bonds. The summed E-state index contributed by atoms with van der Waals surface area (Å²) in [6.07, 6.45) is 3.41. The quantitative estimate of drug-likeness (QED) is 0.518. The lowest BCUT2D eigenvalue weighted by molar-refractivity contribution is -0.120. The SMILES string of the molecule is C=CC1CCC(N)C1=O. The van der Waals surface area contributed by atoms with Crippen LogP contribution in [0.2, 0.25) is 0 Å². The third kappa shape index (κ3) is 1.03. The maximum Gasteiger partial charge on any atom is 0.156 e. The van der Waals surface area contributed by atoms with Crippen molar-refractivity contribution in [1.82, 2.24) is 0 Å². The van der Waals surface area contributed by atoms with Crippen LogP contribution in [0.1, 0.15) is 12.8 Å². The highest BCUT2D eigenvalue weighted by Crippen LogP contribution is 2.20. The molecular formula is C7H11NO. The molecule has 0 radical (unpaired) electrons. The van der Waals surface area contributed by atoms with Crippen molar-refractivity contribution in [2.75, 3.05) is 0 Å². The molecule has 0 bridgehead atoms. The van der Waals surface area contributed by atoms with E-state index in [2.05, 4.69) is 6.58 Å². The molecule has 0 aromatic carbocycles. The van der Waals surface area contributed by atoms with E-state index >= 15 is 0 Å². The van der Waals surface area contributed by atoms with Crippen LogP contribution in [0, 0.1) is 5.92 Å². The molecule has 1 saturated carbocycles. The van der Waals surface area contributed by atoms with Crippen LogP contribution in [0.4, 0.5) is 0 Å². The summed E-state index contributed by atoms with van der Waals surface area (Å²) < 4.78 is 0. The number of rotatable bonds is 1. The molecule has 2 heteroatoms. The molecule has 2 N–H and O–H groups in total. The van der Waals surface area contributed by atoms with Gasteiger partial charge in [-0.15, -0.1) is 6.58 Å². The maximum atomic E-state index is 10.9. The fourth-order valence-electron chi connectivity index (χ4n) is 1.15. The van der Waals surface area contributed by atoms with Gasteiger partial charge in [0.2, 0.25) is 0 Å². The maximum absolute atomic E-state index is 10.9. The average Bonchev–Trinajstić information content (AvgIpc) is 2.15. The number of allylic oxidation sites excluding steroid dienone is 1. The summed E-state index contributed by atoms with van der Waals surface area (Å²) in [6.45, 7) is 3.55. The van der Waals surface area contributed by atoms with Crippen LogP contribution in [-0.2, 0) is 4.79 Å². The molecule has 0 saturated heterocycles. The Hall–Kier alpha value is -0.630. The van der Waals surface area contributed by atoms with Gasteiger partial charge in [-0.1, -0.05) is 6.08 Å². The van der Waals surface area contributed by atoms with E-state index in [-0.39, 0.29) is 17.7 Å². The predicted octanol–water partition coefficient (Wildman–Crippen LogP) is 0.479. The largest absolute Gasteiger partial charge is 0.321 e. The van der Waals surface area contributed by atoms with Gasteiger partial charge >= 0.3 is 0 Å². The third-order valence-corrected chi connectivity index (χ3v) is 1.80. The summed E-state index contributed by atoms with van der Waals surface area (Å²) in [4.78, 5) is 10.9. The first-order valence-electron chi connectivity index (χ1n) is 3.17. The van der Waals surface area contributed by atoms with Crippen LogP contribution >= 0.6 is 0 Å². The Morgan fingerprint density at radius 3 is 2.56 bits per heavy atom. The summed E-state index contributed by atoms with van der Waals surface area (Å²) in [5.41, 5.74) is 5.45. The van der Waals surface area contributed by atoms with Crippen LogP contribution in [0.25, 0.3) is 0 Å². The van der Waals surface area contributed by atoms with Gasteiger partial charge in [0.1, 0.15) is 0 Å². The summed E-state index contributed by atoms with van der Waals surface area (Å²) in [6, 6.07) is -0.215. The van der Waals surface area contributed by atoms with E-state index < -0.39 is 0 Å². The molecule has 50 valence electrons. The summed E-state index contributed by atoms with van der Waals surface area (Å²) in [5, 5.41) is 0. The number of carbonyl (C=O) groups is 1. The molecule has 9 heavy (non-hydrogen) atoms. The van der Waals surface area contributed by atoms with Gasteiger partial charge in [0.05, 0.1) is 6.04 Å². The zero-order chi connectivity index (χ0) is 6.85. The van der Waals surface area contributed by atoms with Gasteiger partial charge in [-0.25, -0.2) is 0 Å². The number of nitrogens with two attached hydrogens (primary N) is 1. The van der Waals surface area contributed by atoms with Crippen molar-refractivity contribution in [2.24, 2.45) is 11.7 Å². The van der Waals surface area contributed by atoms with E-state index in [0.717, 1.165) is 12.8 Å². The third-order valence-electron chi connectivity index (χ3n) is 1.80. The second-order valence-electron chi connectivity index (χ2n) is 2.43. The van der Waals surface area contributed by atoms with Crippen molar-refractivity contribution < 1.29 is 4.79 Å². The van der Waals surface area contributed by atoms with Crippen LogP contribution in [0.5, 0.6) is 0 Å². The van der Waals surface area contributed by atoms with Crippen LogP contribution in [0.3, 0.4) is 0 Å². The highest BCUT2D eigenvalue weighted by atomic mass is 16.1. The first-order chi connectivity index (χ1) is 4.25. The summed E-state index contributed by atoms with van der Waals surface area (Å²) in [7, 11) is 0. The van der Waals surface area contributed by atoms with E-state index in [1.807, 2.05) is 0 Å². The van der Waals surface area contributed by atoms with Crippen molar-refractivity contribution in [3.05, 3.63) is 12.7 Å². The fraction of sp³-hybridized carbons (Fsp3) is 0.571. The summed E-state index contributed by atoms with van der Waals surface area (Å²) in [5.74, 6) is 0.199. The van der Waals surface area contributed by atoms with Crippen LogP contribution < -0.4 is 5.73 Å². The smallest absolute Gasteiger partial charge is 0.156 e. The molecule has 1 aliphatic carbocycles. The Labute approximate surface area is 54.7 Å². The Balaban J connectivity index is 2.61. The van der Waals surface area contributed by atoms with E-state index in [1.54, 1.807) is 6.08 Å². The zero-order valence-corrected chi connectivity index (χ0v) is 5.34. The Bertz CT molecular complexity index is 142. The molecule has 2 unspecified atom stereocenters. The topological polar surface area (TPSA) is 43.1 Å². The lowest BCUT2D eigenvalue weighted by Crippen LogP contribution is -2.26. The normalized spacial score (nSPS) is 35.0. The lowest BCUT2D eigenvalue weighted by atomic mass is 10.1. The first-order valence-corrected chi connectivity index (χ1v) is 3.17. The number of hydrogen-bond donors (Lipinski definition) is 1. The molecule has 2 atom stereocenters. The molecular weight excluding hydrogens is 114 g/mol. The first kappa shape index (κ1) is 6.49. The van der Waals surface area contributed by atoms with Crippen molar-refractivity contribution in [3.63, 3.8) is 0 Å². The molecule has 2 nitrogen and oxygen atoms in total. The van der Waals surface area contributed by atoms with E-state index in [0.29, 0.717) is 0 Å². The van der Waals surface area contributed by atoms with Crippen molar-refractivity contribution in [3.8, 4) is 0 Å². The van der Waals surface area contributed by atoms with Crippen LogP contribution in [-0.4, -0.2) is 11.8 Å². The highest BCUT2D eigenvalue weighted by molar-refractivity contribution is 5.89. The van der Waals surface area contributed by atoms with Crippen LogP contribution in [0.15, 0.2) is 12.7 Å². The minimum atomic E-state index is -0.215. The fourth-order valence-corrected chi connectivity index (χ4v) is 1.15. The number of Topliss-reactive ketones (excluding diaryl/α,β-unsaturated/α-hetero) is 1. The number of hydrogen-bond acceptors (Lipinski definition) is 2. The molecule has 1 fully saturated rings. The van der Waals surface area contributed by atoms with E-state index in [9.17, 15) is 4.79 Å². The van der Waals surface area contributed by atoms with Gasteiger partial charge in [-0.05, 0) is 12.8 Å². The molecule has 0 aromatic rings. The number of carbonyl (C=O) groups excluding carboxylic acids is 1. The monoisotopic (exact) mass is 125 g/mol. The predicted molar refractivity (Wildman–Crippen MR) is 35.9 cm³/mol. The second-order valence-corrected chi connectivity index (χ2v) is 2.43. The summed E-state index contributed by atoms with van der Waals surface area (Å²) >= 11 is 0. The molecule has 0 aliphatic heterocycles. The van der Waals surface area contributed by atoms with Crippen molar-refractivity contribution >= 4 is 5.78 Å². The Kier molecular flexibility index (Phi) is 1.67. The lowest BCUT2D eigenvalue weighted by Gasteiger charge is -1.98. The molecule has 0 spiro atoms. The molecule has 0 aromatic heterocycles. The molecule has 0 heterocycles. The number of ketones is 1. The van der Waals surface area contributed by atoms with Gasteiger partial charge < -0.3 is 5.73 Å². The standard InChI is InChI=1S/C7H11NO/c1-2-5-3-4-6(8)7(5)9/h2,5-6H,1,3-4,8H2. The van der Waals surface area contributed by atoms with Gasteiger partial charge in [0, 0.05) is 5.92 Å². The highest BCUT2D eigenvalue weighted by Gasteiger charge is 2.28. The second kappa shape index (κ2) is 2.31. The van der Waals surface area contributed by atoms with Crippen molar-refractivity contribution in [2.45, 2.75) is 18.9 Å². The molecule has 1 rings (SSSR count). The van der Waals surface area contributed by atoms with E-state index in [4.69, 9.17) is 5.73 Å². The Morgan fingerprint density at radius 2 is 2.33 bits per heavy atom. The zero-order valence-electron chi connectivity index (χ0n) is 5.34. The average molecular weight is 125 g/mol. The van der Waals surface area contributed by atoms with Gasteiger partial charge in [0.15, 0.2) is 5.78 Å². The van der Waals surface area contributed by atoms with E-state index in [1.165, 1.54) is 0 Å².